The summed E-state index contributed by atoms with van der Waals surface area (Å²) >= 11 is 9.63. The number of aryl methyl sites for hydroxylation is 1. The second-order valence-corrected chi connectivity index (χ2v) is 5.64. The first kappa shape index (κ1) is 13.1. The summed E-state index contributed by atoms with van der Waals surface area (Å²) in [5.74, 6) is 0. The highest BCUT2D eigenvalue weighted by atomic mass is 79.9. The van der Waals surface area contributed by atoms with Crippen LogP contribution in [0.4, 0.5) is 0 Å². The van der Waals surface area contributed by atoms with Crippen molar-refractivity contribution >= 4 is 27.5 Å². The fraction of sp³-hybridized carbons (Fsp3) is 0.538. The minimum absolute atomic E-state index is 0.682. The van der Waals surface area contributed by atoms with E-state index in [0.29, 0.717) is 4.83 Å². The van der Waals surface area contributed by atoms with E-state index in [4.69, 9.17) is 11.6 Å². The first-order valence-electron chi connectivity index (χ1n) is 5.61. The molecular formula is C13H18BrCl. The molecule has 0 fully saturated rings. The van der Waals surface area contributed by atoms with Gasteiger partial charge in [-0.05, 0) is 43.4 Å². The first-order valence-corrected chi connectivity index (χ1v) is 6.90. The second kappa shape index (κ2) is 7.29. The fourth-order valence-corrected chi connectivity index (χ4v) is 2.67. The predicted molar refractivity (Wildman–Crippen MR) is 72.0 cm³/mol. The summed E-state index contributed by atoms with van der Waals surface area (Å²) in [5.41, 5.74) is 1.35. The van der Waals surface area contributed by atoms with Gasteiger partial charge in [0.05, 0.1) is 0 Å². The van der Waals surface area contributed by atoms with E-state index in [2.05, 4.69) is 35.0 Å². The maximum Gasteiger partial charge on any atom is 0.0408 e. The van der Waals surface area contributed by atoms with E-state index in [9.17, 15) is 0 Å². The van der Waals surface area contributed by atoms with Crippen molar-refractivity contribution in [2.45, 2.75) is 43.9 Å². The lowest BCUT2D eigenvalue weighted by molar-refractivity contribution is 0.655. The van der Waals surface area contributed by atoms with E-state index in [1.807, 2.05) is 12.1 Å². The molecule has 0 aliphatic rings. The molecule has 0 aromatic heterocycles. The fourth-order valence-electron chi connectivity index (χ4n) is 1.68. The van der Waals surface area contributed by atoms with Gasteiger partial charge in [-0.1, -0.05) is 53.0 Å². The maximum atomic E-state index is 5.93. The molecule has 0 aliphatic carbocycles. The van der Waals surface area contributed by atoms with E-state index >= 15 is 0 Å². The number of benzene rings is 1. The number of hydrogen-bond acceptors (Lipinski definition) is 0. The van der Waals surface area contributed by atoms with E-state index in [-0.39, 0.29) is 0 Å². The smallest absolute Gasteiger partial charge is 0.0408 e. The van der Waals surface area contributed by atoms with Gasteiger partial charge in [0.1, 0.15) is 0 Å². The van der Waals surface area contributed by atoms with Gasteiger partial charge in [0.2, 0.25) is 0 Å². The van der Waals surface area contributed by atoms with Crippen molar-refractivity contribution in [2.24, 2.45) is 0 Å². The van der Waals surface area contributed by atoms with Crippen LogP contribution < -0.4 is 0 Å². The van der Waals surface area contributed by atoms with E-state index in [1.165, 1.54) is 31.2 Å². The lowest BCUT2D eigenvalue weighted by Crippen LogP contribution is -1.97. The number of alkyl halides is 1. The van der Waals surface area contributed by atoms with Gasteiger partial charge in [-0.2, -0.15) is 0 Å². The van der Waals surface area contributed by atoms with Gasteiger partial charge in [-0.25, -0.2) is 0 Å². The predicted octanol–water partition coefficient (Wildman–Crippen LogP) is 5.23. The molecule has 15 heavy (non-hydrogen) atoms. The molecule has 0 amide bonds. The molecule has 0 heterocycles. The number of halogens is 2. The maximum absolute atomic E-state index is 5.93. The minimum atomic E-state index is 0.682. The van der Waals surface area contributed by atoms with Gasteiger partial charge in [-0.15, -0.1) is 0 Å². The largest absolute Gasteiger partial charge is 0.0891 e. The molecule has 0 bridgehead atoms. The molecule has 0 saturated carbocycles. The van der Waals surface area contributed by atoms with Crippen molar-refractivity contribution in [1.82, 2.24) is 0 Å². The van der Waals surface area contributed by atoms with Gasteiger partial charge < -0.3 is 0 Å². The average Bonchev–Trinajstić information content (AvgIpc) is 2.18. The molecule has 1 rings (SSSR count). The van der Waals surface area contributed by atoms with E-state index in [1.54, 1.807) is 0 Å². The van der Waals surface area contributed by atoms with Crippen molar-refractivity contribution in [2.75, 3.05) is 0 Å². The Morgan fingerprint density at radius 1 is 1.33 bits per heavy atom. The van der Waals surface area contributed by atoms with Crippen LogP contribution in [-0.4, -0.2) is 4.83 Å². The van der Waals surface area contributed by atoms with E-state index in [0.717, 1.165) is 11.4 Å². The van der Waals surface area contributed by atoms with Crippen molar-refractivity contribution in [3.05, 3.63) is 34.9 Å². The number of rotatable bonds is 6. The third-order valence-electron chi connectivity index (χ3n) is 2.47. The van der Waals surface area contributed by atoms with Gasteiger partial charge in [0, 0.05) is 9.85 Å². The Bertz CT molecular complexity index is 286. The van der Waals surface area contributed by atoms with Crippen LogP contribution in [0.2, 0.25) is 5.02 Å². The Morgan fingerprint density at radius 2 is 2.13 bits per heavy atom. The molecule has 0 N–H and O–H groups in total. The van der Waals surface area contributed by atoms with E-state index < -0.39 is 0 Å². The molecule has 1 aromatic rings. The van der Waals surface area contributed by atoms with Gasteiger partial charge >= 0.3 is 0 Å². The van der Waals surface area contributed by atoms with Crippen LogP contribution in [0.5, 0.6) is 0 Å². The summed E-state index contributed by atoms with van der Waals surface area (Å²) in [6.07, 6.45) is 6.14. The minimum Gasteiger partial charge on any atom is -0.0891 e. The highest BCUT2D eigenvalue weighted by Crippen LogP contribution is 2.17. The van der Waals surface area contributed by atoms with Gasteiger partial charge in [0.15, 0.2) is 0 Å². The first-order chi connectivity index (χ1) is 7.22. The van der Waals surface area contributed by atoms with Crippen molar-refractivity contribution in [3.8, 4) is 0 Å². The Balaban J connectivity index is 2.25. The highest BCUT2D eigenvalue weighted by Gasteiger charge is 2.02. The van der Waals surface area contributed by atoms with Crippen molar-refractivity contribution in [1.29, 1.82) is 0 Å². The Labute approximate surface area is 106 Å². The molecule has 2 heteroatoms. The zero-order chi connectivity index (χ0) is 11.1. The van der Waals surface area contributed by atoms with Gasteiger partial charge in [0.25, 0.3) is 0 Å². The van der Waals surface area contributed by atoms with Gasteiger partial charge in [-0.3, -0.25) is 0 Å². The summed E-state index contributed by atoms with van der Waals surface area (Å²) in [5, 5.41) is 0.844. The molecule has 1 aromatic carbocycles. The molecule has 0 radical (unpaired) electrons. The normalized spacial score (nSPS) is 12.7. The quantitative estimate of drug-likeness (QED) is 0.629. The highest BCUT2D eigenvalue weighted by molar-refractivity contribution is 9.09. The Kier molecular flexibility index (Phi) is 6.35. The Morgan fingerprint density at radius 3 is 2.80 bits per heavy atom. The third kappa shape index (κ3) is 5.58. The summed E-state index contributed by atoms with van der Waals surface area (Å²) in [6, 6.07) is 8.16. The zero-order valence-electron chi connectivity index (χ0n) is 9.18. The van der Waals surface area contributed by atoms with Crippen LogP contribution in [0, 0.1) is 0 Å². The van der Waals surface area contributed by atoms with Crippen LogP contribution in [-0.2, 0) is 6.42 Å². The standard InChI is InChI=1S/C13H18BrCl/c1-2-5-12(14)8-3-6-11-7-4-9-13(15)10-11/h4,7,9-10,12H,2-3,5-6,8H2,1H3. The molecule has 0 saturated heterocycles. The zero-order valence-corrected chi connectivity index (χ0v) is 11.5. The lowest BCUT2D eigenvalue weighted by Gasteiger charge is -2.07. The van der Waals surface area contributed by atoms with Crippen LogP contribution in [0.15, 0.2) is 24.3 Å². The third-order valence-corrected chi connectivity index (χ3v) is 3.62. The summed E-state index contributed by atoms with van der Waals surface area (Å²) in [7, 11) is 0. The molecule has 0 aliphatic heterocycles. The average molecular weight is 290 g/mol. The van der Waals surface area contributed by atoms with Crippen LogP contribution in [0.25, 0.3) is 0 Å². The van der Waals surface area contributed by atoms with Crippen molar-refractivity contribution in [3.63, 3.8) is 0 Å². The molecule has 0 nitrogen and oxygen atoms in total. The Hall–Kier alpha value is -0.0100. The lowest BCUT2D eigenvalue weighted by atomic mass is 10.1. The number of hydrogen-bond donors (Lipinski definition) is 0. The molecular weight excluding hydrogens is 272 g/mol. The molecule has 1 atom stereocenters. The molecule has 1 unspecified atom stereocenters. The van der Waals surface area contributed by atoms with Crippen LogP contribution in [0.1, 0.15) is 38.2 Å². The molecule has 0 spiro atoms. The summed E-state index contributed by atoms with van der Waals surface area (Å²) < 4.78 is 0. The SMILES string of the molecule is CCCC(Br)CCCc1cccc(Cl)c1. The topological polar surface area (TPSA) is 0 Å². The summed E-state index contributed by atoms with van der Waals surface area (Å²) in [6.45, 7) is 2.23. The monoisotopic (exact) mass is 288 g/mol. The van der Waals surface area contributed by atoms with Crippen LogP contribution in [0.3, 0.4) is 0 Å². The second-order valence-electron chi connectivity index (χ2n) is 3.91. The van der Waals surface area contributed by atoms with Crippen LogP contribution >= 0.6 is 27.5 Å². The summed E-state index contributed by atoms with van der Waals surface area (Å²) in [4.78, 5) is 0.682. The molecule has 84 valence electrons. The van der Waals surface area contributed by atoms with Crippen molar-refractivity contribution < 1.29 is 0 Å².